The molecule has 4 nitrogen and oxygen atoms in total. The zero-order valence-corrected chi connectivity index (χ0v) is 20.3. The van der Waals surface area contributed by atoms with Gasteiger partial charge < -0.3 is 9.47 Å². The molecule has 1 aromatic rings. The maximum Gasteiger partial charge on any atom is 0.339 e. The van der Waals surface area contributed by atoms with E-state index in [2.05, 4.69) is 13.8 Å². The van der Waals surface area contributed by atoms with Crippen molar-refractivity contribution in [2.45, 2.75) is 65.2 Å². The van der Waals surface area contributed by atoms with Crippen LogP contribution in [0.3, 0.4) is 0 Å². The van der Waals surface area contributed by atoms with Crippen molar-refractivity contribution in [3.05, 3.63) is 35.4 Å². The minimum Gasteiger partial charge on any atom is -0.462 e. The smallest absolute Gasteiger partial charge is 0.339 e. The lowest BCUT2D eigenvalue weighted by molar-refractivity contribution is 0.0459. The predicted octanol–water partition coefficient (Wildman–Crippen LogP) is 6.63. The standard InChI is InChI=1S/C24H38O4S2/c1-3-5-9-17-29-19-11-15-27-23(25)21-13-7-8-14-22(21)24(26)28-16-12-20-30-18-10-6-4-2/h7-8,13-14H,3-6,9-12,15-20H2,1-2H3. The molecule has 0 amide bonds. The highest BCUT2D eigenvalue weighted by Crippen LogP contribution is 2.14. The maximum absolute atomic E-state index is 12.4. The van der Waals surface area contributed by atoms with E-state index in [4.69, 9.17) is 9.47 Å². The summed E-state index contributed by atoms with van der Waals surface area (Å²) in [5, 5.41) is 0. The van der Waals surface area contributed by atoms with Gasteiger partial charge in [0.1, 0.15) is 0 Å². The van der Waals surface area contributed by atoms with E-state index >= 15 is 0 Å². The van der Waals surface area contributed by atoms with Gasteiger partial charge in [0.15, 0.2) is 0 Å². The van der Waals surface area contributed by atoms with Crippen LogP contribution in [0.2, 0.25) is 0 Å². The Bertz CT molecular complexity index is 541. The molecule has 0 heterocycles. The zero-order chi connectivity index (χ0) is 21.9. The molecule has 0 bridgehead atoms. The lowest BCUT2D eigenvalue weighted by Gasteiger charge is -2.10. The Morgan fingerprint density at radius 2 is 1.07 bits per heavy atom. The van der Waals surface area contributed by atoms with Gasteiger partial charge in [-0.1, -0.05) is 51.7 Å². The number of carbonyl (C=O) groups excluding carboxylic acids is 2. The summed E-state index contributed by atoms with van der Waals surface area (Å²) >= 11 is 3.80. The minimum absolute atomic E-state index is 0.284. The molecule has 1 rings (SSSR count). The van der Waals surface area contributed by atoms with Crippen LogP contribution in [0.15, 0.2) is 24.3 Å². The normalized spacial score (nSPS) is 10.7. The van der Waals surface area contributed by atoms with Crippen molar-refractivity contribution >= 4 is 35.5 Å². The molecule has 0 aromatic heterocycles. The van der Waals surface area contributed by atoms with Crippen molar-refractivity contribution in [3.63, 3.8) is 0 Å². The van der Waals surface area contributed by atoms with Gasteiger partial charge in [-0.2, -0.15) is 23.5 Å². The molecule has 0 spiro atoms. The van der Waals surface area contributed by atoms with Gasteiger partial charge in [-0.3, -0.25) is 0 Å². The number of thioether (sulfide) groups is 2. The summed E-state index contributed by atoms with van der Waals surface area (Å²) in [7, 11) is 0. The summed E-state index contributed by atoms with van der Waals surface area (Å²) in [6.45, 7) is 5.15. The third-order valence-electron chi connectivity index (χ3n) is 4.48. The number of unbranched alkanes of at least 4 members (excludes halogenated alkanes) is 4. The van der Waals surface area contributed by atoms with E-state index in [1.165, 1.54) is 38.5 Å². The number of esters is 2. The van der Waals surface area contributed by atoms with E-state index in [1.807, 2.05) is 23.5 Å². The predicted molar refractivity (Wildman–Crippen MR) is 130 cm³/mol. The molecule has 0 aliphatic carbocycles. The first-order valence-corrected chi connectivity index (χ1v) is 13.6. The first kappa shape index (κ1) is 26.9. The van der Waals surface area contributed by atoms with Gasteiger partial charge >= 0.3 is 11.9 Å². The third-order valence-corrected chi connectivity index (χ3v) is 6.79. The SMILES string of the molecule is CCCCCSCCCOC(=O)c1ccccc1C(=O)OCCCSCCCCC. The van der Waals surface area contributed by atoms with Gasteiger partial charge in [0.2, 0.25) is 0 Å². The second kappa shape index (κ2) is 18.6. The monoisotopic (exact) mass is 454 g/mol. The van der Waals surface area contributed by atoms with Gasteiger partial charge in [0, 0.05) is 0 Å². The third kappa shape index (κ3) is 12.5. The molecule has 0 N–H and O–H groups in total. The molecule has 0 atom stereocenters. The van der Waals surface area contributed by atoms with E-state index in [9.17, 15) is 9.59 Å². The van der Waals surface area contributed by atoms with E-state index in [-0.39, 0.29) is 11.1 Å². The number of carbonyl (C=O) groups is 2. The largest absolute Gasteiger partial charge is 0.462 e. The van der Waals surface area contributed by atoms with E-state index < -0.39 is 11.9 Å². The molecule has 0 fully saturated rings. The maximum atomic E-state index is 12.4. The average molecular weight is 455 g/mol. The molecule has 0 aliphatic heterocycles. The van der Waals surface area contributed by atoms with Crippen LogP contribution in [-0.4, -0.2) is 48.2 Å². The van der Waals surface area contributed by atoms with E-state index in [0.29, 0.717) is 13.2 Å². The van der Waals surface area contributed by atoms with Crippen LogP contribution < -0.4 is 0 Å². The summed E-state index contributed by atoms with van der Waals surface area (Å²) in [5.41, 5.74) is 0.569. The number of benzene rings is 1. The molecule has 0 radical (unpaired) electrons. The average Bonchev–Trinajstić information content (AvgIpc) is 2.77. The molecule has 30 heavy (non-hydrogen) atoms. The molecular formula is C24H38O4S2. The second-order valence-electron chi connectivity index (χ2n) is 7.16. The summed E-state index contributed by atoms with van der Waals surface area (Å²) < 4.78 is 10.7. The topological polar surface area (TPSA) is 52.6 Å². The van der Waals surface area contributed by atoms with E-state index in [0.717, 1.165) is 35.9 Å². The summed E-state index contributed by atoms with van der Waals surface area (Å²) in [6.07, 6.45) is 9.15. The van der Waals surface area contributed by atoms with Crippen LogP contribution in [0.1, 0.15) is 85.9 Å². The molecule has 0 unspecified atom stereocenters. The van der Waals surface area contributed by atoms with Crippen LogP contribution in [0, 0.1) is 0 Å². The highest BCUT2D eigenvalue weighted by Gasteiger charge is 2.18. The first-order valence-electron chi connectivity index (χ1n) is 11.3. The Labute approximate surface area is 191 Å². The minimum atomic E-state index is -0.454. The molecular weight excluding hydrogens is 416 g/mol. The summed E-state index contributed by atoms with van der Waals surface area (Å²) in [5.74, 6) is 3.38. The molecule has 0 aliphatic rings. The van der Waals surface area contributed by atoms with Crippen LogP contribution in [0.25, 0.3) is 0 Å². The van der Waals surface area contributed by atoms with Gasteiger partial charge in [0.25, 0.3) is 0 Å². The molecule has 170 valence electrons. The van der Waals surface area contributed by atoms with Crippen molar-refractivity contribution in [2.75, 3.05) is 36.2 Å². The van der Waals surface area contributed by atoms with Crippen molar-refractivity contribution in [1.29, 1.82) is 0 Å². The Balaban J connectivity index is 2.29. The first-order chi connectivity index (χ1) is 14.7. The second-order valence-corrected chi connectivity index (χ2v) is 9.61. The van der Waals surface area contributed by atoms with Crippen LogP contribution in [0.4, 0.5) is 0 Å². The highest BCUT2D eigenvalue weighted by molar-refractivity contribution is 7.99. The molecule has 0 saturated carbocycles. The Morgan fingerprint density at radius 3 is 1.47 bits per heavy atom. The van der Waals surface area contributed by atoms with Crippen molar-refractivity contribution in [1.82, 2.24) is 0 Å². The van der Waals surface area contributed by atoms with Gasteiger partial charge in [-0.15, -0.1) is 0 Å². The van der Waals surface area contributed by atoms with Gasteiger partial charge in [-0.25, -0.2) is 9.59 Å². The molecule has 1 aromatic carbocycles. The Morgan fingerprint density at radius 1 is 0.667 bits per heavy atom. The Hall–Kier alpha value is -1.14. The number of hydrogen-bond acceptors (Lipinski definition) is 6. The van der Waals surface area contributed by atoms with E-state index in [1.54, 1.807) is 24.3 Å². The number of ether oxygens (including phenoxy) is 2. The van der Waals surface area contributed by atoms with Crippen LogP contribution in [-0.2, 0) is 9.47 Å². The summed E-state index contributed by atoms with van der Waals surface area (Å²) in [4.78, 5) is 24.8. The fourth-order valence-corrected chi connectivity index (χ4v) is 4.63. The quantitative estimate of drug-likeness (QED) is 0.183. The molecule has 0 saturated heterocycles. The van der Waals surface area contributed by atoms with Crippen LogP contribution in [0.5, 0.6) is 0 Å². The van der Waals surface area contributed by atoms with Gasteiger partial charge in [-0.05, 0) is 60.8 Å². The van der Waals surface area contributed by atoms with Crippen molar-refractivity contribution in [3.8, 4) is 0 Å². The summed E-state index contributed by atoms with van der Waals surface area (Å²) in [6, 6.07) is 6.73. The Kier molecular flexibility index (Phi) is 16.7. The lowest BCUT2D eigenvalue weighted by Crippen LogP contribution is -2.15. The number of rotatable bonds is 18. The highest BCUT2D eigenvalue weighted by atomic mass is 32.2. The van der Waals surface area contributed by atoms with Crippen LogP contribution >= 0.6 is 23.5 Å². The van der Waals surface area contributed by atoms with Gasteiger partial charge in [0.05, 0.1) is 24.3 Å². The zero-order valence-electron chi connectivity index (χ0n) is 18.7. The van der Waals surface area contributed by atoms with Crippen molar-refractivity contribution in [2.24, 2.45) is 0 Å². The fraction of sp³-hybridized carbons (Fsp3) is 0.667. The fourth-order valence-electron chi connectivity index (χ4n) is 2.76. The number of hydrogen-bond donors (Lipinski definition) is 0. The molecule has 6 heteroatoms. The lowest BCUT2D eigenvalue weighted by atomic mass is 10.1. The van der Waals surface area contributed by atoms with Crippen molar-refractivity contribution < 1.29 is 19.1 Å².